The zero-order chi connectivity index (χ0) is 17.0. The van der Waals surface area contributed by atoms with E-state index in [4.69, 9.17) is 4.74 Å². The maximum atomic E-state index is 12.1. The van der Waals surface area contributed by atoms with Crippen molar-refractivity contribution in [2.24, 2.45) is 0 Å². The summed E-state index contributed by atoms with van der Waals surface area (Å²) in [7, 11) is 0. The first-order valence-electron chi connectivity index (χ1n) is 8.28. The van der Waals surface area contributed by atoms with E-state index in [9.17, 15) is 4.79 Å². The molecule has 0 aliphatic carbocycles. The molecule has 1 aromatic rings. The molecule has 1 saturated heterocycles. The molecule has 128 valence electrons. The fourth-order valence-corrected chi connectivity index (χ4v) is 2.89. The molecule has 2 rings (SSSR count). The molecule has 0 bridgehead atoms. The minimum Gasteiger partial charge on any atom is -0.373 e. The van der Waals surface area contributed by atoms with E-state index >= 15 is 0 Å². The van der Waals surface area contributed by atoms with Crippen LogP contribution in [-0.2, 0) is 4.74 Å². The van der Waals surface area contributed by atoms with E-state index in [2.05, 4.69) is 43.2 Å². The van der Waals surface area contributed by atoms with Crippen LogP contribution in [0.2, 0.25) is 0 Å². The highest BCUT2D eigenvalue weighted by Gasteiger charge is 2.33. The van der Waals surface area contributed by atoms with Crippen LogP contribution >= 0.6 is 0 Å². The second kappa shape index (κ2) is 7.32. The average Bonchev–Trinajstić information content (AvgIpc) is 2.47. The zero-order valence-electron chi connectivity index (χ0n) is 14.8. The fourth-order valence-electron chi connectivity index (χ4n) is 2.89. The number of ether oxygens (including phenoxy) is 1. The lowest BCUT2D eigenvalue weighted by atomic mass is 10.00. The summed E-state index contributed by atoms with van der Waals surface area (Å²) < 4.78 is 5.78. The van der Waals surface area contributed by atoms with Crippen molar-refractivity contribution in [2.75, 3.05) is 25.0 Å². The molecule has 23 heavy (non-hydrogen) atoms. The van der Waals surface area contributed by atoms with Gasteiger partial charge < -0.3 is 15.4 Å². The van der Waals surface area contributed by atoms with Crippen LogP contribution in [0.4, 0.5) is 10.5 Å². The van der Waals surface area contributed by atoms with Gasteiger partial charge in [0.05, 0.1) is 12.2 Å². The summed E-state index contributed by atoms with van der Waals surface area (Å²) in [5, 5.41) is 5.85. The molecule has 0 spiro atoms. The quantitative estimate of drug-likeness (QED) is 0.897. The number of aryl methyl sites for hydroxylation is 1. The molecule has 0 saturated carbocycles. The molecule has 5 nitrogen and oxygen atoms in total. The minimum absolute atomic E-state index is 0.114. The summed E-state index contributed by atoms with van der Waals surface area (Å²) in [5.41, 5.74) is 1.86. The predicted octanol–water partition coefficient (Wildman–Crippen LogP) is 3.00. The molecule has 1 heterocycles. The lowest BCUT2D eigenvalue weighted by Gasteiger charge is -2.45. The number of hydrogen-bond donors (Lipinski definition) is 2. The van der Waals surface area contributed by atoms with E-state index in [1.807, 2.05) is 31.2 Å². The number of nitrogens with zero attached hydrogens (tertiary/aromatic N) is 1. The van der Waals surface area contributed by atoms with Gasteiger partial charge in [0.2, 0.25) is 0 Å². The number of morpholine rings is 1. The number of anilines is 1. The van der Waals surface area contributed by atoms with Crippen molar-refractivity contribution in [1.29, 1.82) is 0 Å². The number of carbonyl (C=O) groups excluding carboxylic acids is 1. The van der Waals surface area contributed by atoms with Crippen molar-refractivity contribution in [1.82, 2.24) is 10.2 Å². The Hall–Kier alpha value is -1.59. The van der Waals surface area contributed by atoms with E-state index in [-0.39, 0.29) is 23.8 Å². The molecule has 2 amide bonds. The lowest BCUT2D eigenvalue weighted by molar-refractivity contribution is -0.0947. The van der Waals surface area contributed by atoms with Crippen LogP contribution in [0.25, 0.3) is 0 Å². The molecule has 2 unspecified atom stereocenters. The number of amides is 2. The van der Waals surface area contributed by atoms with Gasteiger partial charge in [0.15, 0.2) is 0 Å². The van der Waals surface area contributed by atoms with Crippen molar-refractivity contribution < 1.29 is 9.53 Å². The Morgan fingerprint density at radius 2 is 1.78 bits per heavy atom. The fraction of sp³-hybridized carbons (Fsp3) is 0.611. The summed E-state index contributed by atoms with van der Waals surface area (Å²) in [6.07, 6.45) is 0.443. The number of rotatable bonds is 4. The maximum absolute atomic E-state index is 12.1. The van der Waals surface area contributed by atoms with Crippen molar-refractivity contribution >= 4 is 11.7 Å². The van der Waals surface area contributed by atoms with Crippen LogP contribution in [0.3, 0.4) is 0 Å². The Morgan fingerprint density at radius 1 is 1.22 bits per heavy atom. The van der Waals surface area contributed by atoms with Crippen molar-refractivity contribution in [2.45, 2.75) is 52.4 Å². The zero-order valence-corrected chi connectivity index (χ0v) is 14.8. The van der Waals surface area contributed by atoms with Crippen LogP contribution in [0.15, 0.2) is 24.3 Å². The number of carbonyl (C=O) groups is 1. The van der Waals surface area contributed by atoms with E-state index < -0.39 is 0 Å². The van der Waals surface area contributed by atoms with Gasteiger partial charge in [-0.3, -0.25) is 4.90 Å². The molecular weight excluding hydrogens is 290 g/mol. The van der Waals surface area contributed by atoms with E-state index in [0.717, 1.165) is 18.8 Å². The average molecular weight is 319 g/mol. The summed E-state index contributed by atoms with van der Waals surface area (Å²) in [4.78, 5) is 14.5. The normalized spacial score (nSPS) is 22.7. The Bertz CT molecular complexity index is 518. The SMILES string of the molecule is Cc1ccc(NC(=O)NCC(C)(C)N2CC(C)OC(C)C2)cc1. The molecule has 5 heteroatoms. The minimum atomic E-state index is -0.170. The molecule has 2 atom stereocenters. The van der Waals surface area contributed by atoms with Crippen LogP contribution in [0, 0.1) is 6.92 Å². The molecule has 1 fully saturated rings. The number of hydrogen-bond acceptors (Lipinski definition) is 3. The van der Waals surface area contributed by atoms with Gasteiger partial charge in [-0.1, -0.05) is 17.7 Å². The van der Waals surface area contributed by atoms with Crippen molar-refractivity contribution in [3.63, 3.8) is 0 Å². The highest BCUT2D eigenvalue weighted by atomic mass is 16.5. The molecule has 2 N–H and O–H groups in total. The molecule has 1 aliphatic rings. The highest BCUT2D eigenvalue weighted by molar-refractivity contribution is 5.89. The van der Waals surface area contributed by atoms with Gasteiger partial charge in [0, 0.05) is 30.9 Å². The van der Waals surface area contributed by atoms with Crippen LogP contribution in [0.5, 0.6) is 0 Å². The smallest absolute Gasteiger partial charge is 0.319 e. The Kier molecular flexibility index (Phi) is 5.65. The van der Waals surface area contributed by atoms with Crippen LogP contribution in [-0.4, -0.2) is 48.3 Å². The van der Waals surface area contributed by atoms with Gasteiger partial charge in [-0.15, -0.1) is 0 Å². The summed E-state index contributed by atoms with van der Waals surface area (Å²) in [6.45, 7) is 12.9. The van der Waals surface area contributed by atoms with Crippen LogP contribution < -0.4 is 10.6 Å². The maximum Gasteiger partial charge on any atom is 0.319 e. The van der Waals surface area contributed by atoms with Gasteiger partial charge in [-0.2, -0.15) is 0 Å². The van der Waals surface area contributed by atoms with E-state index in [0.29, 0.717) is 6.54 Å². The predicted molar refractivity (Wildman–Crippen MR) is 93.9 cm³/mol. The molecule has 0 aromatic heterocycles. The lowest BCUT2D eigenvalue weighted by Crippen LogP contribution is -2.58. The molecule has 0 radical (unpaired) electrons. The second-order valence-corrected chi connectivity index (χ2v) is 7.15. The van der Waals surface area contributed by atoms with Gasteiger partial charge in [-0.05, 0) is 46.8 Å². The molecule has 1 aliphatic heterocycles. The summed E-state index contributed by atoms with van der Waals surface area (Å²) in [6, 6.07) is 7.61. The third kappa shape index (κ3) is 5.22. The standard InChI is InChI=1S/C18H29N3O2/c1-13-6-8-16(9-7-13)20-17(22)19-12-18(4,5)21-10-14(2)23-15(3)11-21/h6-9,14-15H,10-12H2,1-5H3,(H2,19,20,22). The number of urea groups is 1. The number of benzene rings is 1. The van der Waals surface area contributed by atoms with Gasteiger partial charge >= 0.3 is 6.03 Å². The van der Waals surface area contributed by atoms with Gasteiger partial charge in [0.1, 0.15) is 0 Å². The van der Waals surface area contributed by atoms with Gasteiger partial charge in [0.25, 0.3) is 0 Å². The summed E-state index contributed by atoms with van der Waals surface area (Å²) >= 11 is 0. The van der Waals surface area contributed by atoms with Crippen molar-refractivity contribution in [3.8, 4) is 0 Å². The first kappa shape index (κ1) is 17.8. The first-order chi connectivity index (χ1) is 10.8. The highest BCUT2D eigenvalue weighted by Crippen LogP contribution is 2.20. The third-order valence-electron chi connectivity index (χ3n) is 4.27. The van der Waals surface area contributed by atoms with Crippen molar-refractivity contribution in [3.05, 3.63) is 29.8 Å². The van der Waals surface area contributed by atoms with E-state index in [1.54, 1.807) is 0 Å². The Balaban J connectivity index is 1.85. The number of nitrogens with one attached hydrogen (secondary N) is 2. The second-order valence-electron chi connectivity index (χ2n) is 7.15. The first-order valence-corrected chi connectivity index (χ1v) is 8.28. The Morgan fingerprint density at radius 3 is 2.35 bits per heavy atom. The largest absolute Gasteiger partial charge is 0.373 e. The summed E-state index contributed by atoms with van der Waals surface area (Å²) in [5.74, 6) is 0. The third-order valence-corrected chi connectivity index (χ3v) is 4.27. The Labute approximate surface area is 139 Å². The van der Waals surface area contributed by atoms with Gasteiger partial charge in [-0.25, -0.2) is 4.79 Å². The van der Waals surface area contributed by atoms with E-state index in [1.165, 1.54) is 5.56 Å². The monoisotopic (exact) mass is 319 g/mol. The topological polar surface area (TPSA) is 53.6 Å². The molecule has 1 aromatic carbocycles. The molecular formula is C18H29N3O2. The van der Waals surface area contributed by atoms with Crippen LogP contribution in [0.1, 0.15) is 33.3 Å².